The van der Waals surface area contributed by atoms with Gasteiger partial charge in [0, 0.05) is 30.5 Å². The second-order valence-electron chi connectivity index (χ2n) is 4.84. The molecule has 1 saturated carbocycles. The maximum atomic E-state index is 11.9. The number of hydrogen-bond acceptors (Lipinski definition) is 6. The third-order valence-corrected chi connectivity index (χ3v) is 5.54. The highest BCUT2D eigenvalue weighted by Gasteiger charge is 2.25. The van der Waals surface area contributed by atoms with Gasteiger partial charge in [0.15, 0.2) is 0 Å². The molecule has 1 aliphatic rings. The first-order chi connectivity index (χ1) is 9.69. The van der Waals surface area contributed by atoms with Gasteiger partial charge in [-0.15, -0.1) is 5.10 Å². The van der Waals surface area contributed by atoms with E-state index >= 15 is 0 Å². The van der Waals surface area contributed by atoms with E-state index in [-0.39, 0.29) is 5.91 Å². The molecule has 2 atom stereocenters. The zero-order valence-electron chi connectivity index (χ0n) is 11.9. The zero-order chi connectivity index (χ0) is 14.4. The zero-order valence-corrected chi connectivity index (χ0v) is 13.5. The summed E-state index contributed by atoms with van der Waals surface area (Å²) < 4.78 is 1.62. The number of nitrogens with zero attached hydrogens (tertiary/aromatic N) is 4. The fourth-order valence-electron chi connectivity index (χ4n) is 2.34. The summed E-state index contributed by atoms with van der Waals surface area (Å²) in [4.78, 5) is 11.9. The fourth-order valence-corrected chi connectivity index (χ4v) is 4.27. The highest BCUT2D eigenvalue weighted by atomic mass is 32.2. The second-order valence-corrected chi connectivity index (χ2v) is 7.48. The molecule has 1 amide bonds. The number of carbonyl (C=O) groups is 1. The Morgan fingerprint density at radius 2 is 2.35 bits per heavy atom. The van der Waals surface area contributed by atoms with Gasteiger partial charge in [-0.3, -0.25) is 4.79 Å². The Morgan fingerprint density at radius 3 is 3.05 bits per heavy atom. The summed E-state index contributed by atoms with van der Waals surface area (Å²) in [6, 6.07) is 0.369. The van der Waals surface area contributed by atoms with Crippen LogP contribution in [0.2, 0.25) is 0 Å². The van der Waals surface area contributed by atoms with Crippen LogP contribution in [-0.2, 0) is 11.8 Å². The molecule has 1 aromatic heterocycles. The van der Waals surface area contributed by atoms with Gasteiger partial charge < -0.3 is 5.32 Å². The molecule has 1 fully saturated rings. The van der Waals surface area contributed by atoms with Crippen molar-refractivity contribution >= 4 is 29.4 Å². The van der Waals surface area contributed by atoms with E-state index in [1.165, 1.54) is 18.2 Å². The smallest absolute Gasteiger partial charge is 0.221 e. The molecular formula is C12H21N5OS2. The number of rotatable bonds is 7. The molecule has 0 saturated heterocycles. The molecule has 1 heterocycles. The van der Waals surface area contributed by atoms with E-state index in [0.29, 0.717) is 18.2 Å². The van der Waals surface area contributed by atoms with Crippen molar-refractivity contribution in [2.45, 2.75) is 49.1 Å². The summed E-state index contributed by atoms with van der Waals surface area (Å²) in [5, 5.41) is 15.8. The Bertz CT molecular complexity index is 439. The van der Waals surface area contributed by atoms with Gasteiger partial charge in [-0.25, -0.2) is 4.68 Å². The number of nitrogens with one attached hydrogen (secondary N) is 1. The number of carbonyl (C=O) groups excluding carboxylic acids is 1. The SMILES string of the molecule is CCS[C@H]1CC[C@@H](NC(=O)CCSc2nnnn2C)C1. The van der Waals surface area contributed by atoms with Crippen molar-refractivity contribution in [3.05, 3.63) is 0 Å². The summed E-state index contributed by atoms with van der Waals surface area (Å²) in [5.74, 6) is 2.01. The lowest BCUT2D eigenvalue weighted by atomic mass is 10.2. The van der Waals surface area contributed by atoms with Crippen molar-refractivity contribution in [2.24, 2.45) is 7.05 Å². The van der Waals surface area contributed by atoms with E-state index in [9.17, 15) is 4.79 Å². The molecular weight excluding hydrogens is 294 g/mol. The van der Waals surface area contributed by atoms with Crippen LogP contribution in [0.3, 0.4) is 0 Å². The lowest BCUT2D eigenvalue weighted by Crippen LogP contribution is -2.33. The Balaban J connectivity index is 1.62. The van der Waals surface area contributed by atoms with Crippen LogP contribution in [0.15, 0.2) is 5.16 Å². The van der Waals surface area contributed by atoms with E-state index in [4.69, 9.17) is 0 Å². The van der Waals surface area contributed by atoms with Crippen molar-refractivity contribution in [3.8, 4) is 0 Å². The van der Waals surface area contributed by atoms with Gasteiger partial charge in [-0.05, 0) is 35.4 Å². The summed E-state index contributed by atoms with van der Waals surface area (Å²) in [6.45, 7) is 2.19. The van der Waals surface area contributed by atoms with Gasteiger partial charge in [0.2, 0.25) is 11.1 Å². The Labute approximate surface area is 127 Å². The highest BCUT2D eigenvalue weighted by Crippen LogP contribution is 2.29. The van der Waals surface area contributed by atoms with Crippen LogP contribution in [0, 0.1) is 0 Å². The fraction of sp³-hybridized carbons (Fsp3) is 0.833. The predicted octanol–water partition coefficient (Wildman–Crippen LogP) is 1.48. The molecule has 6 nitrogen and oxygen atoms in total. The van der Waals surface area contributed by atoms with Crippen LogP contribution < -0.4 is 5.32 Å². The van der Waals surface area contributed by atoms with Gasteiger partial charge >= 0.3 is 0 Å². The van der Waals surface area contributed by atoms with Crippen molar-refractivity contribution in [2.75, 3.05) is 11.5 Å². The van der Waals surface area contributed by atoms with Gasteiger partial charge in [0.25, 0.3) is 0 Å². The molecule has 0 radical (unpaired) electrons. The van der Waals surface area contributed by atoms with E-state index in [0.717, 1.165) is 29.0 Å². The third-order valence-electron chi connectivity index (χ3n) is 3.29. The van der Waals surface area contributed by atoms with Gasteiger partial charge in [-0.1, -0.05) is 18.7 Å². The number of aryl methyl sites for hydroxylation is 1. The van der Waals surface area contributed by atoms with E-state index in [1.807, 2.05) is 11.8 Å². The minimum atomic E-state index is 0.139. The molecule has 20 heavy (non-hydrogen) atoms. The average molecular weight is 315 g/mol. The van der Waals surface area contributed by atoms with Crippen LogP contribution in [0.25, 0.3) is 0 Å². The van der Waals surface area contributed by atoms with Crippen LogP contribution in [0.5, 0.6) is 0 Å². The highest BCUT2D eigenvalue weighted by molar-refractivity contribution is 7.99. The molecule has 0 unspecified atom stereocenters. The largest absolute Gasteiger partial charge is 0.353 e. The monoisotopic (exact) mass is 315 g/mol. The molecule has 112 valence electrons. The minimum absolute atomic E-state index is 0.139. The molecule has 0 aliphatic heterocycles. The topological polar surface area (TPSA) is 72.7 Å². The molecule has 1 aromatic rings. The van der Waals surface area contributed by atoms with Crippen molar-refractivity contribution < 1.29 is 4.79 Å². The molecule has 1 aliphatic carbocycles. The van der Waals surface area contributed by atoms with Crippen molar-refractivity contribution in [3.63, 3.8) is 0 Å². The number of hydrogen-bond donors (Lipinski definition) is 1. The summed E-state index contributed by atoms with van der Waals surface area (Å²) in [5.41, 5.74) is 0. The van der Waals surface area contributed by atoms with Crippen LogP contribution in [-0.4, -0.2) is 48.9 Å². The quantitative estimate of drug-likeness (QED) is 0.769. The third kappa shape index (κ3) is 4.66. The summed E-state index contributed by atoms with van der Waals surface area (Å²) >= 11 is 3.52. The first-order valence-electron chi connectivity index (χ1n) is 6.95. The van der Waals surface area contributed by atoms with Crippen molar-refractivity contribution in [1.29, 1.82) is 0 Å². The Hall–Kier alpha value is -0.760. The van der Waals surface area contributed by atoms with Gasteiger partial charge in [-0.2, -0.15) is 11.8 Å². The van der Waals surface area contributed by atoms with Crippen LogP contribution >= 0.6 is 23.5 Å². The molecule has 1 N–H and O–H groups in total. The lowest BCUT2D eigenvalue weighted by molar-refractivity contribution is -0.121. The Morgan fingerprint density at radius 1 is 1.50 bits per heavy atom. The molecule has 2 rings (SSSR count). The molecule has 0 bridgehead atoms. The molecule has 8 heteroatoms. The van der Waals surface area contributed by atoms with Crippen molar-refractivity contribution in [1.82, 2.24) is 25.5 Å². The normalized spacial score (nSPS) is 22.1. The number of aromatic nitrogens is 4. The van der Waals surface area contributed by atoms with E-state index in [2.05, 4.69) is 27.8 Å². The summed E-state index contributed by atoms with van der Waals surface area (Å²) in [6.07, 6.45) is 3.97. The Kier molecular flexibility index (Phi) is 6.15. The predicted molar refractivity (Wildman–Crippen MR) is 81.8 cm³/mol. The standard InChI is InChI=1S/C12H21N5OS2/c1-3-19-10-5-4-9(8-10)13-11(18)6-7-20-12-14-15-16-17(12)2/h9-10H,3-8H2,1-2H3,(H,13,18)/t9-,10+/m1/s1. The number of tetrazole rings is 1. The lowest BCUT2D eigenvalue weighted by Gasteiger charge is -2.12. The first kappa shape index (κ1) is 15.6. The maximum Gasteiger partial charge on any atom is 0.221 e. The average Bonchev–Trinajstić information content (AvgIpc) is 3.00. The first-order valence-corrected chi connectivity index (χ1v) is 8.98. The van der Waals surface area contributed by atoms with Crippen LogP contribution in [0.1, 0.15) is 32.6 Å². The van der Waals surface area contributed by atoms with E-state index < -0.39 is 0 Å². The minimum Gasteiger partial charge on any atom is -0.353 e. The maximum absolute atomic E-state index is 11.9. The van der Waals surface area contributed by atoms with Gasteiger partial charge in [0.05, 0.1) is 0 Å². The van der Waals surface area contributed by atoms with Gasteiger partial charge in [0.1, 0.15) is 0 Å². The number of thioether (sulfide) groups is 2. The summed E-state index contributed by atoms with van der Waals surface area (Å²) in [7, 11) is 1.80. The molecule has 0 aromatic carbocycles. The number of amides is 1. The second kappa shape index (κ2) is 7.87. The van der Waals surface area contributed by atoms with Crippen LogP contribution in [0.4, 0.5) is 0 Å². The van der Waals surface area contributed by atoms with E-state index in [1.54, 1.807) is 11.7 Å². The molecule has 0 spiro atoms.